The number of hydrogen-bond donors (Lipinski definition) is 1. The first kappa shape index (κ1) is 17.7. The largest absolute Gasteiger partial charge is 0.497 e. The predicted octanol–water partition coefficient (Wildman–Crippen LogP) is 3.46. The Morgan fingerprint density at radius 2 is 2.23 bits per heavy atom. The Bertz CT molecular complexity index is 1030. The SMILES string of the molecule is C#CCCCn1c(Sc2cc(OC)ccc2C#N)nc2c(N)nccc21. The number of imidazole rings is 1. The van der Waals surface area contributed by atoms with Crippen molar-refractivity contribution in [3.63, 3.8) is 0 Å². The Labute approximate surface area is 156 Å². The molecule has 0 saturated carbocycles. The van der Waals surface area contributed by atoms with Crippen LogP contribution in [0.3, 0.4) is 0 Å². The van der Waals surface area contributed by atoms with Crippen molar-refractivity contribution in [3.8, 4) is 24.2 Å². The van der Waals surface area contributed by atoms with Crippen molar-refractivity contribution in [3.05, 3.63) is 36.0 Å². The molecule has 2 heterocycles. The summed E-state index contributed by atoms with van der Waals surface area (Å²) in [5, 5.41) is 10.1. The number of nitrogens with zero attached hydrogens (tertiary/aromatic N) is 4. The fourth-order valence-corrected chi connectivity index (χ4v) is 3.62. The first-order valence-corrected chi connectivity index (χ1v) is 8.79. The highest BCUT2D eigenvalue weighted by Gasteiger charge is 2.16. The van der Waals surface area contributed by atoms with Crippen LogP contribution in [0.2, 0.25) is 0 Å². The number of terminal acetylenes is 1. The summed E-state index contributed by atoms with van der Waals surface area (Å²) < 4.78 is 7.34. The Balaban J connectivity index is 2.07. The molecule has 3 rings (SSSR count). The van der Waals surface area contributed by atoms with Crippen LogP contribution in [-0.4, -0.2) is 21.6 Å². The van der Waals surface area contributed by atoms with Gasteiger partial charge in [-0.05, 0) is 30.7 Å². The van der Waals surface area contributed by atoms with Crippen LogP contribution in [0.15, 0.2) is 40.5 Å². The number of ether oxygens (including phenoxy) is 1. The molecule has 0 aliphatic rings. The molecule has 0 unspecified atom stereocenters. The number of nitrogens with two attached hydrogens (primary N) is 1. The lowest BCUT2D eigenvalue weighted by molar-refractivity contribution is 0.413. The number of aryl methyl sites for hydroxylation is 1. The van der Waals surface area contributed by atoms with E-state index in [4.69, 9.17) is 16.9 Å². The van der Waals surface area contributed by atoms with Gasteiger partial charge in [-0.15, -0.1) is 12.3 Å². The number of pyridine rings is 1. The second-order valence-electron chi connectivity index (χ2n) is 5.49. The molecule has 2 N–H and O–H groups in total. The molecular formula is C19H17N5OS. The standard InChI is InChI=1S/C19H17N5OS/c1-3-4-5-10-24-15-8-9-22-18(21)17(15)23-19(24)26-16-11-14(25-2)7-6-13(16)12-20/h1,6-9,11H,4-5,10H2,2H3,(H2,21,22). The van der Waals surface area contributed by atoms with E-state index in [1.807, 2.05) is 12.1 Å². The molecule has 0 bridgehead atoms. The van der Waals surface area contributed by atoms with Crippen molar-refractivity contribution in [1.29, 1.82) is 5.26 Å². The monoisotopic (exact) mass is 363 g/mol. The topological polar surface area (TPSA) is 89.8 Å². The summed E-state index contributed by atoms with van der Waals surface area (Å²) in [6.07, 6.45) is 8.53. The summed E-state index contributed by atoms with van der Waals surface area (Å²) >= 11 is 1.40. The lowest BCUT2D eigenvalue weighted by atomic mass is 10.2. The maximum atomic E-state index is 9.40. The Morgan fingerprint density at radius 3 is 2.96 bits per heavy atom. The van der Waals surface area contributed by atoms with Crippen LogP contribution >= 0.6 is 11.8 Å². The number of fused-ring (bicyclic) bond motifs is 1. The molecule has 0 radical (unpaired) electrons. The van der Waals surface area contributed by atoms with Gasteiger partial charge in [-0.3, -0.25) is 0 Å². The molecule has 3 aromatic rings. The molecule has 1 aromatic carbocycles. The summed E-state index contributed by atoms with van der Waals surface area (Å²) in [6, 6.07) is 9.42. The second kappa shape index (κ2) is 7.81. The minimum atomic E-state index is 0.381. The molecular weight excluding hydrogens is 346 g/mol. The van der Waals surface area contributed by atoms with E-state index in [0.717, 1.165) is 22.0 Å². The molecule has 0 saturated heterocycles. The van der Waals surface area contributed by atoms with E-state index in [1.165, 1.54) is 11.8 Å². The molecule has 0 amide bonds. The Morgan fingerprint density at radius 1 is 1.38 bits per heavy atom. The minimum Gasteiger partial charge on any atom is -0.497 e. The van der Waals surface area contributed by atoms with Gasteiger partial charge in [0.05, 0.1) is 18.2 Å². The van der Waals surface area contributed by atoms with Crippen molar-refractivity contribution in [1.82, 2.24) is 14.5 Å². The van der Waals surface area contributed by atoms with Gasteiger partial charge in [0.25, 0.3) is 0 Å². The van der Waals surface area contributed by atoms with Crippen molar-refractivity contribution in [2.45, 2.75) is 29.4 Å². The van der Waals surface area contributed by atoms with Crippen molar-refractivity contribution in [2.75, 3.05) is 12.8 Å². The van der Waals surface area contributed by atoms with Gasteiger partial charge in [0.1, 0.15) is 17.3 Å². The van der Waals surface area contributed by atoms with Gasteiger partial charge in [-0.1, -0.05) is 11.8 Å². The van der Waals surface area contributed by atoms with Crippen LogP contribution < -0.4 is 10.5 Å². The van der Waals surface area contributed by atoms with Crippen molar-refractivity contribution >= 4 is 28.6 Å². The maximum absolute atomic E-state index is 9.40. The number of nitrogen functional groups attached to an aromatic ring is 1. The zero-order chi connectivity index (χ0) is 18.5. The average molecular weight is 363 g/mol. The van der Waals surface area contributed by atoms with E-state index in [0.29, 0.717) is 35.6 Å². The number of methoxy groups -OCH3 is 1. The van der Waals surface area contributed by atoms with E-state index in [9.17, 15) is 5.26 Å². The van der Waals surface area contributed by atoms with Crippen LogP contribution in [0.1, 0.15) is 18.4 Å². The molecule has 7 heteroatoms. The normalized spacial score (nSPS) is 10.4. The number of rotatable bonds is 6. The first-order chi connectivity index (χ1) is 12.7. The number of anilines is 1. The van der Waals surface area contributed by atoms with Gasteiger partial charge in [-0.25, -0.2) is 9.97 Å². The van der Waals surface area contributed by atoms with E-state index < -0.39 is 0 Å². The third-order valence-electron chi connectivity index (χ3n) is 3.87. The predicted molar refractivity (Wildman–Crippen MR) is 102 cm³/mol. The van der Waals surface area contributed by atoms with E-state index >= 15 is 0 Å². The summed E-state index contributed by atoms with van der Waals surface area (Å²) in [4.78, 5) is 9.54. The van der Waals surface area contributed by atoms with Crippen LogP contribution in [0.5, 0.6) is 5.75 Å². The van der Waals surface area contributed by atoms with Crippen LogP contribution in [0.4, 0.5) is 5.82 Å². The quantitative estimate of drug-likeness (QED) is 0.533. The molecule has 0 atom stereocenters. The fraction of sp³-hybridized carbons (Fsp3) is 0.211. The fourth-order valence-electron chi connectivity index (χ4n) is 2.59. The van der Waals surface area contributed by atoms with Gasteiger partial charge in [0.2, 0.25) is 0 Å². The van der Waals surface area contributed by atoms with E-state index in [2.05, 4.69) is 26.5 Å². The lowest BCUT2D eigenvalue weighted by Gasteiger charge is -2.09. The molecule has 26 heavy (non-hydrogen) atoms. The van der Waals surface area contributed by atoms with Gasteiger partial charge in [0.15, 0.2) is 11.0 Å². The minimum absolute atomic E-state index is 0.381. The highest BCUT2D eigenvalue weighted by atomic mass is 32.2. The Hall–Kier alpha value is -3.16. The summed E-state index contributed by atoms with van der Waals surface area (Å²) in [5.41, 5.74) is 8.10. The molecule has 0 fully saturated rings. The average Bonchev–Trinajstić information content (AvgIpc) is 3.01. The summed E-state index contributed by atoms with van der Waals surface area (Å²) in [5.74, 6) is 3.72. The first-order valence-electron chi connectivity index (χ1n) is 7.98. The van der Waals surface area contributed by atoms with Crippen LogP contribution in [0.25, 0.3) is 11.0 Å². The number of unbranched alkanes of at least 4 members (excludes halogenated alkanes) is 1. The number of hydrogen-bond acceptors (Lipinski definition) is 6. The zero-order valence-corrected chi connectivity index (χ0v) is 15.1. The number of benzene rings is 1. The van der Waals surface area contributed by atoms with Gasteiger partial charge in [-0.2, -0.15) is 5.26 Å². The smallest absolute Gasteiger partial charge is 0.174 e. The summed E-state index contributed by atoms with van der Waals surface area (Å²) in [7, 11) is 1.59. The maximum Gasteiger partial charge on any atom is 0.174 e. The lowest BCUT2D eigenvalue weighted by Crippen LogP contribution is -2.00. The molecule has 130 valence electrons. The number of aromatic nitrogens is 3. The number of nitriles is 1. The van der Waals surface area contributed by atoms with Crippen molar-refractivity contribution < 1.29 is 4.74 Å². The van der Waals surface area contributed by atoms with Crippen molar-refractivity contribution in [2.24, 2.45) is 0 Å². The molecule has 0 spiro atoms. The molecule has 0 aliphatic carbocycles. The third-order valence-corrected chi connectivity index (χ3v) is 4.93. The highest BCUT2D eigenvalue weighted by molar-refractivity contribution is 7.99. The molecule has 6 nitrogen and oxygen atoms in total. The van der Waals surface area contributed by atoms with Crippen LogP contribution in [-0.2, 0) is 6.54 Å². The van der Waals surface area contributed by atoms with E-state index in [1.54, 1.807) is 25.4 Å². The van der Waals surface area contributed by atoms with Gasteiger partial charge in [0, 0.05) is 24.1 Å². The zero-order valence-electron chi connectivity index (χ0n) is 14.3. The third kappa shape index (κ3) is 3.44. The summed E-state index contributed by atoms with van der Waals surface area (Å²) in [6.45, 7) is 0.707. The molecule has 2 aromatic heterocycles. The van der Waals surface area contributed by atoms with Crippen LogP contribution in [0, 0.1) is 23.7 Å². The highest BCUT2D eigenvalue weighted by Crippen LogP contribution is 2.35. The molecule has 0 aliphatic heterocycles. The van der Waals surface area contributed by atoms with Gasteiger partial charge >= 0.3 is 0 Å². The van der Waals surface area contributed by atoms with E-state index in [-0.39, 0.29) is 0 Å². The Kier molecular flexibility index (Phi) is 5.31. The second-order valence-corrected chi connectivity index (χ2v) is 6.50. The van der Waals surface area contributed by atoms with Gasteiger partial charge < -0.3 is 15.0 Å².